The summed E-state index contributed by atoms with van der Waals surface area (Å²) >= 11 is 9.30. The Kier molecular flexibility index (Phi) is 6.83. The molecule has 0 radical (unpaired) electrons. The van der Waals surface area contributed by atoms with E-state index in [9.17, 15) is 9.90 Å². The summed E-state index contributed by atoms with van der Waals surface area (Å²) in [6, 6.07) is 5.15. The molecule has 0 fully saturated rings. The van der Waals surface area contributed by atoms with Crippen LogP contribution >= 0.6 is 27.5 Å². The minimum absolute atomic E-state index is 0.308. The average molecular weight is 350 g/mol. The highest BCUT2D eigenvalue weighted by Crippen LogP contribution is 2.33. The zero-order valence-electron chi connectivity index (χ0n) is 11.0. The molecule has 106 valence electrons. The predicted molar refractivity (Wildman–Crippen MR) is 79.1 cm³/mol. The zero-order valence-corrected chi connectivity index (χ0v) is 13.4. The van der Waals surface area contributed by atoms with Crippen LogP contribution in [0.5, 0.6) is 0 Å². The van der Waals surface area contributed by atoms with Gasteiger partial charge in [0.25, 0.3) is 0 Å². The number of carbonyl (C=O) groups excluding carboxylic acids is 1. The molecule has 0 aliphatic heterocycles. The number of halogens is 2. The zero-order chi connectivity index (χ0) is 14.4. The van der Waals surface area contributed by atoms with Crippen LogP contribution in [0.15, 0.2) is 22.7 Å². The van der Waals surface area contributed by atoms with Gasteiger partial charge in [0.2, 0.25) is 0 Å². The molecule has 1 rings (SSSR count). The van der Waals surface area contributed by atoms with E-state index in [-0.39, 0.29) is 5.97 Å². The third-order valence-electron chi connectivity index (χ3n) is 2.85. The van der Waals surface area contributed by atoms with Crippen molar-refractivity contribution in [3.63, 3.8) is 0 Å². The molecular weight excluding hydrogens is 332 g/mol. The lowest BCUT2D eigenvalue weighted by Crippen LogP contribution is -2.24. The first-order chi connectivity index (χ1) is 9.01. The summed E-state index contributed by atoms with van der Waals surface area (Å²) in [7, 11) is 0. The van der Waals surface area contributed by atoms with E-state index >= 15 is 0 Å². The molecule has 2 unspecified atom stereocenters. The van der Waals surface area contributed by atoms with E-state index in [1.807, 2.05) is 6.92 Å². The molecule has 5 heteroatoms. The van der Waals surface area contributed by atoms with Gasteiger partial charge in [-0.05, 0) is 37.1 Å². The maximum Gasteiger partial charge on any atom is 0.311 e. The van der Waals surface area contributed by atoms with Gasteiger partial charge in [-0.15, -0.1) is 0 Å². The molecule has 1 aromatic rings. The Labute approximate surface area is 127 Å². The predicted octanol–water partition coefficient (Wildman–Crippen LogP) is 4.12. The molecule has 0 aliphatic rings. The monoisotopic (exact) mass is 348 g/mol. The minimum atomic E-state index is -0.924. The van der Waals surface area contributed by atoms with Gasteiger partial charge in [-0.25, -0.2) is 0 Å². The minimum Gasteiger partial charge on any atom is -0.466 e. The van der Waals surface area contributed by atoms with Gasteiger partial charge in [0.15, 0.2) is 0 Å². The van der Waals surface area contributed by atoms with Gasteiger partial charge in [-0.3, -0.25) is 4.79 Å². The number of rotatable bonds is 6. The summed E-state index contributed by atoms with van der Waals surface area (Å²) in [6.45, 7) is 4.02. The van der Waals surface area contributed by atoms with Gasteiger partial charge < -0.3 is 9.84 Å². The molecule has 1 aromatic carbocycles. The van der Waals surface area contributed by atoms with Gasteiger partial charge in [-0.1, -0.05) is 40.9 Å². The molecule has 0 bridgehead atoms. The number of aliphatic hydroxyl groups is 1. The molecular formula is C14H18BrClO3. The van der Waals surface area contributed by atoms with E-state index in [2.05, 4.69) is 15.9 Å². The van der Waals surface area contributed by atoms with Gasteiger partial charge in [-0.2, -0.15) is 0 Å². The third-order valence-corrected chi connectivity index (χ3v) is 3.80. The van der Waals surface area contributed by atoms with Crippen molar-refractivity contribution < 1.29 is 14.6 Å². The number of benzene rings is 1. The number of hydrogen-bond donors (Lipinski definition) is 1. The van der Waals surface area contributed by atoms with Crippen LogP contribution in [0.4, 0.5) is 0 Å². The van der Waals surface area contributed by atoms with Crippen molar-refractivity contribution in [2.75, 3.05) is 6.61 Å². The summed E-state index contributed by atoms with van der Waals surface area (Å²) in [5.74, 6) is -0.941. The van der Waals surface area contributed by atoms with Crippen LogP contribution < -0.4 is 0 Å². The second-order valence-corrected chi connectivity index (χ2v) is 5.55. The van der Waals surface area contributed by atoms with Gasteiger partial charge in [0, 0.05) is 9.50 Å². The van der Waals surface area contributed by atoms with Gasteiger partial charge in [0.1, 0.15) is 0 Å². The summed E-state index contributed by atoms with van der Waals surface area (Å²) < 4.78 is 5.75. The van der Waals surface area contributed by atoms with E-state index in [0.717, 1.165) is 10.9 Å². The van der Waals surface area contributed by atoms with E-state index in [0.29, 0.717) is 23.6 Å². The third kappa shape index (κ3) is 4.48. The van der Waals surface area contributed by atoms with E-state index in [1.54, 1.807) is 25.1 Å². The van der Waals surface area contributed by atoms with E-state index in [4.69, 9.17) is 16.3 Å². The standard InChI is InChI=1S/C14H18BrClO3/c1-3-5-10(14(18)19-4-2)13(17)11-8-9(16)6-7-12(11)15/h6-8,10,13,17H,3-5H2,1-2H3. The summed E-state index contributed by atoms with van der Waals surface area (Å²) in [5, 5.41) is 10.9. The highest BCUT2D eigenvalue weighted by Gasteiger charge is 2.29. The van der Waals surface area contributed by atoms with E-state index < -0.39 is 12.0 Å². The topological polar surface area (TPSA) is 46.5 Å². The number of aliphatic hydroxyl groups excluding tert-OH is 1. The smallest absolute Gasteiger partial charge is 0.311 e. The first kappa shape index (κ1) is 16.5. The highest BCUT2D eigenvalue weighted by molar-refractivity contribution is 9.10. The lowest BCUT2D eigenvalue weighted by Gasteiger charge is -2.22. The van der Waals surface area contributed by atoms with Gasteiger partial charge in [0.05, 0.1) is 18.6 Å². The Balaban J connectivity index is 3.01. The van der Waals surface area contributed by atoms with Crippen LogP contribution in [0.2, 0.25) is 5.02 Å². The Morgan fingerprint density at radius 1 is 1.47 bits per heavy atom. The van der Waals surface area contributed by atoms with Crippen LogP contribution in [0, 0.1) is 5.92 Å². The molecule has 0 amide bonds. The first-order valence-corrected chi connectivity index (χ1v) is 7.48. The van der Waals surface area contributed by atoms with Crippen LogP contribution in [-0.4, -0.2) is 17.7 Å². The first-order valence-electron chi connectivity index (χ1n) is 6.30. The largest absolute Gasteiger partial charge is 0.466 e. The Morgan fingerprint density at radius 3 is 2.74 bits per heavy atom. The summed E-state index contributed by atoms with van der Waals surface area (Å²) in [5.41, 5.74) is 0.610. The van der Waals surface area contributed by atoms with Gasteiger partial charge >= 0.3 is 5.97 Å². The molecule has 2 atom stereocenters. The molecule has 0 aromatic heterocycles. The normalized spacial score (nSPS) is 13.9. The Morgan fingerprint density at radius 2 is 2.16 bits per heavy atom. The maximum absolute atomic E-state index is 11.9. The van der Waals surface area contributed by atoms with Crippen molar-refractivity contribution >= 4 is 33.5 Å². The van der Waals surface area contributed by atoms with Crippen LogP contribution in [0.1, 0.15) is 38.4 Å². The fourth-order valence-corrected chi connectivity index (χ4v) is 2.58. The summed E-state index contributed by atoms with van der Waals surface area (Å²) in [4.78, 5) is 11.9. The van der Waals surface area contributed by atoms with Crippen LogP contribution in [-0.2, 0) is 9.53 Å². The maximum atomic E-state index is 11.9. The van der Waals surface area contributed by atoms with Crippen molar-refractivity contribution in [3.05, 3.63) is 33.3 Å². The molecule has 0 heterocycles. The summed E-state index contributed by atoms with van der Waals surface area (Å²) in [6.07, 6.45) is 0.435. The van der Waals surface area contributed by atoms with Crippen LogP contribution in [0.25, 0.3) is 0 Å². The average Bonchev–Trinajstić information content (AvgIpc) is 2.38. The highest BCUT2D eigenvalue weighted by atomic mass is 79.9. The molecule has 19 heavy (non-hydrogen) atoms. The molecule has 0 spiro atoms. The van der Waals surface area contributed by atoms with E-state index in [1.165, 1.54) is 0 Å². The molecule has 3 nitrogen and oxygen atoms in total. The number of ether oxygens (including phenoxy) is 1. The van der Waals surface area contributed by atoms with Crippen molar-refractivity contribution in [2.45, 2.75) is 32.8 Å². The quantitative estimate of drug-likeness (QED) is 0.786. The number of hydrogen-bond acceptors (Lipinski definition) is 3. The molecule has 0 aliphatic carbocycles. The second-order valence-electron chi connectivity index (χ2n) is 4.26. The molecule has 0 saturated heterocycles. The SMILES string of the molecule is CCCC(C(=O)OCC)C(O)c1cc(Cl)ccc1Br. The molecule has 0 saturated carbocycles. The second kappa shape index (κ2) is 7.88. The fraction of sp³-hybridized carbons (Fsp3) is 0.500. The Bertz CT molecular complexity index is 437. The Hall–Kier alpha value is -0.580. The number of esters is 1. The van der Waals surface area contributed by atoms with Crippen molar-refractivity contribution in [1.82, 2.24) is 0 Å². The lowest BCUT2D eigenvalue weighted by atomic mass is 9.92. The van der Waals surface area contributed by atoms with Crippen molar-refractivity contribution in [1.29, 1.82) is 0 Å². The number of carbonyl (C=O) groups is 1. The molecule has 1 N–H and O–H groups in total. The van der Waals surface area contributed by atoms with Crippen LogP contribution in [0.3, 0.4) is 0 Å². The van der Waals surface area contributed by atoms with Crippen molar-refractivity contribution in [2.24, 2.45) is 5.92 Å². The fourth-order valence-electron chi connectivity index (χ4n) is 1.92. The van der Waals surface area contributed by atoms with Crippen molar-refractivity contribution in [3.8, 4) is 0 Å². The lowest BCUT2D eigenvalue weighted by molar-refractivity contribution is -0.152.